The van der Waals surface area contributed by atoms with Crippen molar-refractivity contribution >= 4 is 39.2 Å². The van der Waals surface area contributed by atoms with E-state index in [1.165, 1.54) is 12.1 Å². The highest BCUT2D eigenvalue weighted by molar-refractivity contribution is 9.10. The summed E-state index contributed by atoms with van der Waals surface area (Å²) in [5, 5.41) is 2.73. The second-order valence-corrected chi connectivity index (χ2v) is 5.08. The van der Waals surface area contributed by atoms with Crippen LogP contribution in [0.4, 0.5) is 10.1 Å². The van der Waals surface area contributed by atoms with Crippen molar-refractivity contribution in [2.45, 2.75) is 0 Å². The molecule has 2 aromatic carbocycles. The van der Waals surface area contributed by atoms with Gasteiger partial charge in [-0.2, -0.15) is 0 Å². The Morgan fingerprint density at radius 1 is 1.16 bits per heavy atom. The van der Waals surface area contributed by atoms with Gasteiger partial charge in [-0.05, 0) is 35.9 Å². The standard InChI is InChI=1S/C15H9BrFNO/c16-13-4-2-1-3-9(13)7-12-11-8-10(17)5-6-14(11)18-15(12)19/h1-8H,(H,18,19)/b12-7-. The first-order chi connectivity index (χ1) is 9.15. The van der Waals surface area contributed by atoms with E-state index in [1.807, 2.05) is 24.3 Å². The molecule has 0 spiro atoms. The summed E-state index contributed by atoms with van der Waals surface area (Å²) in [5.74, 6) is -0.565. The molecule has 0 radical (unpaired) electrons. The molecule has 0 bridgehead atoms. The molecule has 0 unspecified atom stereocenters. The molecular formula is C15H9BrFNO. The van der Waals surface area contributed by atoms with Crippen molar-refractivity contribution in [2.75, 3.05) is 5.32 Å². The van der Waals surface area contributed by atoms with Gasteiger partial charge in [-0.25, -0.2) is 4.39 Å². The van der Waals surface area contributed by atoms with Crippen LogP contribution in [0.5, 0.6) is 0 Å². The van der Waals surface area contributed by atoms with E-state index in [0.717, 1.165) is 10.0 Å². The first-order valence-electron chi connectivity index (χ1n) is 5.72. The third kappa shape index (κ3) is 2.19. The van der Waals surface area contributed by atoms with Gasteiger partial charge in [0.1, 0.15) is 5.82 Å². The molecule has 1 heterocycles. The van der Waals surface area contributed by atoms with Gasteiger partial charge in [-0.15, -0.1) is 0 Å². The zero-order valence-electron chi connectivity index (χ0n) is 9.78. The van der Waals surface area contributed by atoms with Crippen LogP contribution >= 0.6 is 15.9 Å². The minimum absolute atomic E-state index is 0.212. The van der Waals surface area contributed by atoms with E-state index in [4.69, 9.17) is 0 Å². The number of carbonyl (C=O) groups excluding carboxylic acids is 1. The third-order valence-electron chi connectivity index (χ3n) is 2.97. The average Bonchev–Trinajstić information content (AvgIpc) is 2.69. The Morgan fingerprint density at radius 3 is 2.74 bits per heavy atom. The van der Waals surface area contributed by atoms with E-state index in [2.05, 4.69) is 21.2 Å². The number of hydrogen-bond acceptors (Lipinski definition) is 1. The van der Waals surface area contributed by atoms with Crippen molar-refractivity contribution in [3.63, 3.8) is 0 Å². The number of halogens is 2. The highest BCUT2D eigenvalue weighted by Crippen LogP contribution is 2.34. The number of fused-ring (bicyclic) bond motifs is 1. The second-order valence-electron chi connectivity index (χ2n) is 4.22. The maximum Gasteiger partial charge on any atom is 0.256 e. The number of nitrogens with one attached hydrogen (secondary N) is 1. The summed E-state index contributed by atoms with van der Waals surface area (Å²) in [6, 6.07) is 11.8. The Hall–Kier alpha value is -1.94. The maximum absolute atomic E-state index is 13.3. The van der Waals surface area contributed by atoms with Crippen molar-refractivity contribution in [2.24, 2.45) is 0 Å². The van der Waals surface area contributed by atoms with Crippen LogP contribution in [0.15, 0.2) is 46.9 Å². The number of benzene rings is 2. The zero-order chi connectivity index (χ0) is 13.4. The highest BCUT2D eigenvalue weighted by atomic mass is 79.9. The molecule has 0 saturated carbocycles. The molecule has 1 amide bonds. The normalized spacial score (nSPS) is 15.5. The topological polar surface area (TPSA) is 29.1 Å². The average molecular weight is 318 g/mol. The summed E-state index contributed by atoms with van der Waals surface area (Å²) in [7, 11) is 0. The van der Waals surface area contributed by atoms with Crippen LogP contribution in [0.1, 0.15) is 11.1 Å². The largest absolute Gasteiger partial charge is 0.321 e. The Morgan fingerprint density at radius 2 is 1.95 bits per heavy atom. The predicted molar refractivity (Wildman–Crippen MR) is 77.0 cm³/mol. The molecular weight excluding hydrogens is 309 g/mol. The minimum atomic E-state index is -0.353. The molecule has 3 rings (SSSR count). The van der Waals surface area contributed by atoms with Gasteiger partial charge in [0.2, 0.25) is 0 Å². The molecule has 19 heavy (non-hydrogen) atoms. The van der Waals surface area contributed by atoms with E-state index in [1.54, 1.807) is 12.1 Å². The molecule has 1 aliphatic heterocycles. The van der Waals surface area contributed by atoms with Gasteiger partial charge in [0.15, 0.2) is 0 Å². The number of rotatable bonds is 1. The second kappa shape index (κ2) is 4.63. The van der Waals surface area contributed by atoms with Crippen LogP contribution < -0.4 is 5.32 Å². The molecule has 94 valence electrons. The van der Waals surface area contributed by atoms with Gasteiger partial charge < -0.3 is 5.32 Å². The fraction of sp³-hybridized carbons (Fsp3) is 0. The number of carbonyl (C=O) groups is 1. The summed E-state index contributed by atoms with van der Waals surface area (Å²) in [6.45, 7) is 0. The maximum atomic E-state index is 13.3. The molecule has 0 aliphatic carbocycles. The van der Waals surface area contributed by atoms with Crippen LogP contribution in [-0.2, 0) is 4.79 Å². The van der Waals surface area contributed by atoms with Crippen LogP contribution in [0.25, 0.3) is 11.6 Å². The fourth-order valence-electron chi connectivity index (χ4n) is 2.05. The van der Waals surface area contributed by atoms with Crippen molar-refractivity contribution < 1.29 is 9.18 Å². The summed E-state index contributed by atoms with van der Waals surface area (Å²) in [4.78, 5) is 11.9. The van der Waals surface area contributed by atoms with Crippen LogP contribution in [0.3, 0.4) is 0 Å². The molecule has 0 atom stereocenters. The molecule has 1 aliphatic rings. The van der Waals surface area contributed by atoms with E-state index in [9.17, 15) is 9.18 Å². The lowest BCUT2D eigenvalue weighted by atomic mass is 10.0. The Kier molecular flexibility index (Phi) is 2.95. The fourth-order valence-corrected chi connectivity index (χ4v) is 2.45. The van der Waals surface area contributed by atoms with Gasteiger partial charge in [-0.1, -0.05) is 34.1 Å². The summed E-state index contributed by atoms with van der Waals surface area (Å²) < 4.78 is 14.2. The summed E-state index contributed by atoms with van der Waals surface area (Å²) in [6.07, 6.45) is 1.75. The number of hydrogen-bond donors (Lipinski definition) is 1. The molecule has 1 N–H and O–H groups in total. The Balaban J connectivity index is 2.14. The summed E-state index contributed by atoms with van der Waals surface area (Å²) >= 11 is 3.43. The highest BCUT2D eigenvalue weighted by Gasteiger charge is 2.24. The third-order valence-corrected chi connectivity index (χ3v) is 3.69. The van der Waals surface area contributed by atoms with Crippen LogP contribution in [0, 0.1) is 5.82 Å². The quantitative estimate of drug-likeness (QED) is 0.789. The van der Waals surface area contributed by atoms with Gasteiger partial charge >= 0.3 is 0 Å². The van der Waals surface area contributed by atoms with Crippen molar-refractivity contribution in [3.8, 4) is 0 Å². The molecule has 0 saturated heterocycles. The zero-order valence-corrected chi connectivity index (χ0v) is 11.4. The SMILES string of the molecule is O=C1Nc2ccc(F)cc2/C1=C/c1ccccc1Br. The van der Waals surface area contributed by atoms with Crippen molar-refractivity contribution in [1.29, 1.82) is 0 Å². The van der Waals surface area contributed by atoms with Gasteiger partial charge in [0.25, 0.3) is 5.91 Å². The van der Waals surface area contributed by atoms with Gasteiger partial charge in [0.05, 0.1) is 0 Å². The summed E-state index contributed by atoms with van der Waals surface area (Å²) in [5.41, 5.74) is 2.59. The van der Waals surface area contributed by atoms with E-state index >= 15 is 0 Å². The molecule has 4 heteroatoms. The number of anilines is 1. The minimum Gasteiger partial charge on any atom is -0.321 e. The first-order valence-corrected chi connectivity index (χ1v) is 6.52. The van der Waals surface area contributed by atoms with Crippen LogP contribution in [0.2, 0.25) is 0 Å². The lowest BCUT2D eigenvalue weighted by Gasteiger charge is -2.01. The van der Waals surface area contributed by atoms with Crippen molar-refractivity contribution in [1.82, 2.24) is 0 Å². The molecule has 2 nitrogen and oxygen atoms in total. The Bertz CT molecular complexity index is 709. The molecule has 2 aromatic rings. The van der Waals surface area contributed by atoms with E-state index in [0.29, 0.717) is 16.8 Å². The smallest absolute Gasteiger partial charge is 0.256 e. The van der Waals surface area contributed by atoms with Gasteiger partial charge in [-0.3, -0.25) is 4.79 Å². The Labute approximate surface area is 118 Å². The van der Waals surface area contributed by atoms with E-state index < -0.39 is 0 Å². The lowest BCUT2D eigenvalue weighted by Crippen LogP contribution is -2.03. The monoisotopic (exact) mass is 317 g/mol. The molecule has 0 aromatic heterocycles. The van der Waals surface area contributed by atoms with E-state index in [-0.39, 0.29) is 11.7 Å². The predicted octanol–water partition coefficient (Wildman–Crippen LogP) is 4.08. The van der Waals surface area contributed by atoms with Crippen LogP contribution in [-0.4, -0.2) is 5.91 Å². The van der Waals surface area contributed by atoms with Gasteiger partial charge in [0, 0.05) is 21.3 Å². The first kappa shape index (κ1) is 12.1. The molecule has 0 fully saturated rings. The number of amides is 1. The lowest BCUT2D eigenvalue weighted by molar-refractivity contribution is -0.110. The van der Waals surface area contributed by atoms with Crippen molar-refractivity contribution in [3.05, 3.63) is 63.9 Å².